The zero-order valence-corrected chi connectivity index (χ0v) is 23.2. The number of imidazole rings is 1. The van der Waals surface area contributed by atoms with Crippen molar-refractivity contribution < 1.29 is 39.3 Å². The number of carboxylic acid groups (broad SMARTS) is 2. The fourth-order valence-electron chi connectivity index (χ4n) is 3.93. The van der Waals surface area contributed by atoms with Gasteiger partial charge in [-0.05, 0) is 43.4 Å². The molecule has 0 fully saturated rings. The lowest BCUT2D eigenvalue weighted by molar-refractivity contribution is -0.143. The Kier molecular flexibility index (Phi) is 13.4. The molecule has 234 valence electrons. The average Bonchev–Trinajstić information content (AvgIpc) is 3.46. The highest BCUT2D eigenvalue weighted by atomic mass is 16.4. The van der Waals surface area contributed by atoms with Crippen LogP contribution in [-0.4, -0.2) is 91.6 Å². The van der Waals surface area contributed by atoms with Crippen molar-refractivity contribution in [2.75, 3.05) is 6.54 Å². The summed E-state index contributed by atoms with van der Waals surface area (Å²) in [6.07, 6.45) is 2.15. The minimum atomic E-state index is -1.53. The van der Waals surface area contributed by atoms with Crippen molar-refractivity contribution >= 4 is 35.6 Å². The molecule has 0 aliphatic carbocycles. The molecule has 4 atom stereocenters. The molecule has 0 saturated carbocycles. The predicted octanol–water partition coefficient (Wildman–Crippen LogP) is -2.31. The van der Waals surface area contributed by atoms with Crippen LogP contribution in [0.3, 0.4) is 0 Å². The van der Waals surface area contributed by atoms with Gasteiger partial charge in [-0.2, -0.15) is 0 Å². The Hall–Kier alpha value is -5.19. The average molecular weight is 604 g/mol. The van der Waals surface area contributed by atoms with E-state index in [-0.39, 0.29) is 50.4 Å². The Labute approximate surface area is 246 Å². The van der Waals surface area contributed by atoms with Crippen molar-refractivity contribution in [3.05, 3.63) is 48.0 Å². The van der Waals surface area contributed by atoms with E-state index in [9.17, 15) is 34.2 Å². The number of aromatic amines is 1. The molecule has 0 spiro atoms. The first kappa shape index (κ1) is 34.0. The third kappa shape index (κ3) is 12.5. The molecule has 0 aliphatic rings. The van der Waals surface area contributed by atoms with E-state index in [2.05, 4.69) is 30.9 Å². The number of guanidine groups is 1. The summed E-state index contributed by atoms with van der Waals surface area (Å²) in [5.41, 5.74) is 17.9. The van der Waals surface area contributed by atoms with Crippen LogP contribution in [0.5, 0.6) is 5.75 Å². The Bertz CT molecular complexity index is 1260. The number of phenols is 1. The number of hydrogen-bond acceptors (Lipinski definition) is 9. The Morgan fingerprint density at radius 1 is 0.884 bits per heavy atom. The van der Waals surface area contributed by atoms with Gasteiger partial charge in [0.25, 0.3) is 0 Å². The van der Waals surface area contributed by atoms with E-state index in [1.54, 1.807) is 12.1 Å². The molecule has 2 rings (SSSR count). The van der Waals surface area contributed by atoms with Crippen molar-refractivity contribution in [2.45, 2.75) is 62.7 Å². The van der Waals surface area contributed by atoms with Gasteiger partial charge in [-0.25, -0.2) is 9.78 Å². The largest absolute Gasteiger partial charge is 0.508 e. The topological polar surface area (TPSA) is 301 Å². The van der Waals surface area contributed by atoms with Crippen molar-refractivity contribution in [3.8, 4) is 5.75 Å². The monoisotopic (exact) mass is 603 g/mol. The second-order valence-corrected chi connectivity index (χ2v) is 9.66. The van der Waals surface area contributed by atoms with Crippen LogP contribution in [0.15, 0.2) is 41.8 Å². The second-order valence-electron chi connectivity index (χ2n) is 9.66. The Balaban J connectivity index is 2.21. The van der Waals surface area contributed by atoms with Crippen LogP contribution in [0.1, 0.15) is 36.9 Å². The number of carbonyl (C=O) groups is 5. The number of phenolic OH excluding ortho intramolecular Hbond substituents is 1. The third-order valence-electron chi connectivity index (χ3n) is 6.18. The van der Waals surface area contributed by atoms with Crippen LogP contribution in [0, 0.1) is 0 Å². The molecule has 17 heteroatoms. The van der Waals surface area contributed by atoms with Crippen LogP contribution in [-0.2, 0) is 36.8 Å². The maximum absolute atomic E-state index is 13.4. The number of aromatic hydroxyl groups is 1. The van der Waals surface area contributed by atoms with E-state index in [4.69, 9.17) is 22.3 Å². The maximum atomic E-state index is 13.4. The van der Waals surface area contributed by atoms with Crippen LogP contribution in [0.4, 0.5) is 0 Å². The van der Waals surface area contributed by atoms with E-state index >= 15 is 0 Å². The van der Waals surface area contributed by atoms with Crippen molar-refractivity contribution in [1.29, 1.82) is 0 Å². The van der Waals surface area contributed by atoms with Gasteiger partial charge in [-0.3, -0.25) is 24.2 Å². The lowest BCUT2D eigenvalue weighted by Gasteiger charge is -2.25. The molecular formula is C26H37N9O8. The van der Waals surface area contributed by atoms with Gasteiger partial charge in [0.05, 0.1) is 12.4 Å². The summed E-state index contributed by atoms with van der Waals surface area (Å²) in [4.78, 5) is 72.6. The molecule has 0 radical (unpaired) electrons. The highest BCUT2D eigenvalue weighted by Gasteiger charge is 2.31. The number of aliphatic imine (C=N–C) groups is 1. The number of nitrogens with one attached hydrogen (secondary N) is 4. The summed E-state index contributed by atoms with van der Waals surface area (Å²) in [5, 5.41) is 35.2. The second kappa shape index (κ2) is 16.9. The van der Waals surface area contributed by atoms with Crippen LogP contribution < -0.4 is 33.2 Å². The van der Waals surface area contributed by atoms with Gasteiger partial charge in [0.15, 0.2) is 5.96 Å². The summed E-state index contributed by atoms with van der Waals surface area (Å²) >= 11 is 0. The first-order chi connectivity index (χ1) is 20.3. The fourth-order valence-corrected chi connectivity index (χ4v) is 3.93. The molecule has 43 heavy (non-hydrogen) atoms. The van der Waals surface area contributed by atoms with Gasteiger partial charge in [0, 0.05) is 31.3 Å². The van der Waals surface area contributed by atoms with E-state index in [0.717, 1.165) is 0 Å². The molecule has 0 bridgehead atoms. The van der Waals surface area contributed by atoms with E-state index in [1.807, 2.05) is 0 Å². The molecule has 1 aromatic carbocycles. The zero-order valence-electron chi connectivity index (χ0n) is 23.2. The van der Waals surface area contributed by atoms with Crippen molar-refractivity contribution in [3.63, 3.8) is 0 Å². The molecule has 1 aromatic heterocycles. The smallest absolute Gasteiger partial charge is 0.326 e. The molecule has 4 unspecified atom stereocenters. The molecule has 2 aromatic rings. The number of H-pyrrole nitrogens is 1. The number of amides is 3. The molecule has 0 aliphatic heterocycles. The van der Waals surface area contributed by atoms with Gasteiger partial charge in [-0.1, -0.05) is 12.1 Å². The van der Waals surface area contributed by atoms with Gasteiger partial charge in [0.1, 0.15) is 23.9 Å². The normalized spacial score (nSPS) is 13.5. The predicted molar refractivity (Wildman–Crippen MR) is 152 cm³/mol. The SMILES string of the molecule is NC(N)=NCCCC(NC(=O)C(N)Cc1ccc(O)cc1)C(=O)NC(Cc1cnc[nH]1)C(=O)NC(CCC(=O)O)C(=O)O. The van der Waals surface area contributed by atoms with E-state index in [1.165, 1.54) is 24.7 Å². The molecule has 1 heterocycles. The third-order valence-corrected chi connectivity index (χ3v) is 6.18. The molecule has 0 saturated heterocycles. The Morgan fingerprint density at radius 2 is 1.51 bits per heavy atom. The first-order valence-corrected chi connectivity index (χ1v) is 13.3. The summed E-state index contributed by atoms with van der Waals surface area (Å²) < 4.78 is 0. The van der Waals surface area contributed by atoms with Crippen LogP contribution in [0.2, 0.25) is 0 Å². The lowest BCUT2D eigenvalue weighted by atomic mass is 10.0. The number of carboxylic acids is 2. The number of aliphatic carboxylic acids is 2. The number of nitrogens with two attached hydrogens (primary N) is 3. The van der Waals surface area contributed by atoms with E-state index < -0.39 is 60.2 Å². The lowest BCUT2D eigenvalue weighted by Crippen LogP contribution is -2.57. The molecular weight excluding hydrogens is 566 g/mol. The quantitative estimate of drug-likeness (QED) is 0.0488. The number of aromatic nitrogens is 2. The first-order valence-electron chi connectivity index (χ1n) is 13.3. The maximum Gasteiger partial charge on any atom is 0.326 e. The summed E-state index contributed by atoms with van der Waals surface area (Å²) in [7, 11) is 0. The number of benzene rings is 1. The number of rotatable bonds is 18. The van der Waals surface area contributed by atoms with Gasteiger partial charge in [-0.15, -0.1) is 0 Å². The highest BCUT2D eigenvalue weighted by Crippen LogP contribution is 2.11. The number of carbonyl (C=O) groups excluding carboxylic acids is 3. The number of nitrogens with zero attached hydrogens (tertiary/aromatic N) is 2. The van der Waals surface area contributed by atoms with Crippen molar-refractivity contribution in [1.82, 2.24) is 25.9 Å². The van der Waals surface area contributed by atoms with E-state index in [0.29, 0.717) is 11.3 Å². The number of hydrogen-bond donors (Lipinski definition) is 10. The zero-order chi connectivity index (χ0) is 31.9. The Morgan fingerprint density at radius 3 is 2.09 bits per heavy atom. The highest BCUT2D eigenvalue weighted by molar-refractivity contribution is 5.94. The minimum absolute atomic E-state index is 0.0459. The standard InChI is InChI=1S/C26H37N9O8/c27-17(10-14-3-5-16(36)6-4-14)22(39)33-18(2-1-9-31-26(28)29)23(40)35-20(11-15-12-30-13-32-15)24(41)34-19(25(42)43)7-8-21(37)38/h3-6,12-13,17-20,36H,1-2,7-11,27H2,(H,30,32)(H,33,39)(H,34,41)(H,35,40)(H,37,38)(H,42,43)(H4,28,29,31). The summed E-state index contributed by atoms with van der Waals surface area (Å²) in [6, 6.07) is 0.977. The van der Waals surface area contributed by atoms with Crippen molar-refractivity contribution in [2.24, 2.45) is 22.2 Å². The summed E-state index contributed by atoms with van der Waals surface area (Å²) in [6.45, 7) is 0.142. The molecule has 3 amide bonds. The molecule has 13 N–H and O–H groups in total. The van der Waals surface area contributed by atoms with Crippen LogP contribution >= 0.6 is 0 Å². The summed E-state index contributed by atoms with van der Waals surface area (Å²) in [5.74, 6) is -5.14. The van der Waals surface area contributed by atoms with Gasteiger partial charge in [0.2, 0.25) is 17.7 Å². The van der Waals surface area contributed by atoms with Gasteiger partial charge < -0.3 is 53.5 Å². The van der Waals surface area contributed by atoms with Gasteiger partial charge >= 0.3 is 11.9 Å². The fraction of sp³-hybridized carbons (Fsp3) is 0.423. The van der Waals surface area contributed by atoms with Crippen LogP contribution in [0.25, 0.3) is 0 Å². The molecule has 17 nitrogen and oxygen atoms in total. The minimum Gasteiger partial charge on any atom is -0.508 e.